The molecule has 3 rings (SSSR count). The van der Waals surface area contributed by atoms with Gasteiger partial charge in [0, 0.05) is 17.6 Å². The molecule has 162 valence electrons. The molecule has 7 heteroatoms. The monoisotopic (exact) mass is 423 g/mol. The van der Waals surface area contributed by atoms with Crippen LogP contribution in [0, 0.1) is 27.9 Å². The van der Waals surface area contributed by atoms with Gasteiger partial charge in [-0.15, -0.1) is 0 Å². The lowest BCUT2D eigenvalue weighted by molar-refractivity contribution is -0.552. The van der Waals surface area contributed by atoms with Crippen LogP contribution in [0.3, 0.4) is 0 Å². The number of carbonyl (C=O) groups is 1. The maximum absolute atomic E-state index is 12.7. The predicted octanol–water partition coefficient (Wildman–Crippen LogP) is 3.44. The number of carbonyl (C=O) groups excluding carboxylic acids is 1. The normalized spacial score (nSPS) is 27.6. The first-order valence-corrected chi connectivity index (χ1v) is 9.88. The Morgan fingerprint density at radius 2 is 1.87 bits per heavy atom. The van der Waals surface area contributed by atoms with Crippen molar-refractivity contribution in [2.24, 2.45) is 5.92 Å². The molecule has 31 heavy (non-hydrogen) atoms. The van der Waals surface area contributed by atoms with Gasteiger partial charge in [-0.2, -0.15) is 0 Å². The lowest BCUT2D eigenvalue weighted by Crippen LogP contribution is -2.60. The number of ketones is 1. The largest absolute Gasteiger partial charge is 0.497 e. The molecular weight excluding hydrogens is 398 g/mol. The molecule has 1 fully saturated rings. The third-order valence-electron chi connectivity index (χ3n) is 5.66. The average molecular weight is 423 g/mol. The molecule has 0 spiro atoms. The second-order valence-electron chi connectivity index (χ2n) is 7.56. The fraction of sp³-hybridized carbons (Fsp3) is 0.375. The van der Waals surface area contributed by atoms with Gasteiger partial charge in [-0.25, -0.2) is 0 Å². The number of hydrogen-bond acceptors (Lipinski definition) is 6. The first kappa shape index (κ1) is 22.5. The molecule has 2 aromatic rings. The van der Waals surface area contributed by atoms with Crippen LogP contribution in [0.2, 0.25) is 0 Å². The van der Waals surface area contributed by atoms with Gasteiger partial charge in [-0.1, -0.05) is 42.2 Å². The highest BCUT2D eigenvalue weighted by Gasteiger charge is 2.59. The summed E-state index contributed by atoms with van der Waals surface area (Å²) in [6.45, 7) is 3.02. The first-order valence-electron chi connectivity index (χ1n) is 9.88. The molecule has 1 heterocycles. The molecule has 1 aliphatic rings. The Balaban J connectivity index is 2.17. The molecule has 0 amide bonds. The summed E-state index contributed by atoms with van der Waals surface area (Å²) in [5.41, 5.74) is 1.30. The average Bonchev–Trinajstić information content (AvgIpc) is 2.77. The van der Waals surface area contributed by atoms with E-state index in [1.807, 2.05) is 30.3 Å². The van der Waals surface area contributed by atoms with Gasteiger partial charge < -0.3 is 14.2 Å². The van der Waals surface area contributed by atoms with E-state index in [9.17, 15) is 14.9 Å². The van der Waals surface area contributed by atoms with Gasteiger partial charge in [-0.05, 0) is 43.7 Å². The van der Waals surface area contributed by atoms with Crippen molar-refractivity contribution in [3.63, 3.8) is 0 Å². The number of Topliss-reactive ketones (excluding diaryl/α,β-unsaturated/α-hetero) is 1. The zero-order chi connectivity index (χ0) is 22.6. The van der Waals surface area contributed by atoms with Crippen molar-refractivity contribution >= 4 is 5.78 Å². The van der Waals surface area contributed by atoms with Crippen LogP contribution >= 0.6 is 0 Å². The number of rotatable bonds is 5. The highest BCUT2D eigenvalue weighted by molar-refractivity contribution is 5.81. The maximum Gasteiger partial charge on any atom is 0.257 e. The summed E-state index contributed by atoms with van der Waals surface area (Å²) in [6.07, 6.45) is -1.09. The van der Waals surface area contributed by atoms with E-state index in [4.69, 9.17) is 14.2 Å². The Kier molecular flexibility index (Phi) is 6.74. The molecule has 2 aromatic carbocycles. The minimum absolute atomic E-state index is 0.265. The number of hydrogen-bond donors (Lipinski definition) is 0. The van der Waals surface area contributed by atoms with Crippen molar-refractivity contribution in [3.05, 3.63) is 75.8 Å². The Hall–Kier alpha value is -3.21. The van der Waals surface area contributed by atoms with E-state index in [0.29, 0.717) is 16.9 Å². The first-order chi connectivity index (χ1) is 14.8. The number of benzene rings is 2. The van der Waals surface area contributed by atoms with Crippen LogP contribution in [0.4, 0.5) is 0 Å². The van der Waals surface area contributed by atoms with Gasteiger partial charge in [0.15, 0.2) is 11.9 Å². The van der Waals surface area contributed by atoms with E-state index in [-0.39, 0.29) is 5.78 Å². The van der Waals surface area contributed by atoms with Crippen molar-refractivity contribution in [2.45, 2.75) is 37.7 Å². The molecular formula is C24H25NO6. The second-order valence-corrected chi connectivity index (χ2v) is 7.56. The Morgan fingerprint density at radius 3 is 2.45 bits per heavy atom. The minimum Gasteiger partial charge on any atom is -0.497 e. The van der Waals surface area contributed by atoms with Crippen molar-refractivity contribution in [1.82, 2.24) is 0 Å². The Labute approximate surface area is 181 Å². The van der Waals surface area contributed by atoms with Gasteiger partial charge in [0.05, 0.1) is 18.9 Å². The number of ether oxygens (including phenoxy) is 3. The summed E-state index contributed by atoms with van der Waals surface area (Å²) in [7, 11) is 2.94. The standard InChI is InChI=1S/C24H25NO6/c1-16(26)22-21(18-11-8-12-19(15-18)29-3)23(25(27)28)20(31-24(22,2)30-4)14-13-17-9-6-5-7-10-17/h5-12,15,20-23H,1-4H3/t20-,21+,22+,23+,24-/m0/s1. The Bertz CT molecular complexity index is 1010. The summed E-state index contributed by atoms with van der Waals surface area (Å²) in [6, 6.07) is 14.8. The molecule has 7 nitrogen and oxygen atoms in total. The maximum atomic E-state index is 12.7. The van der Waals surface area contributed by atoms with E-state index in [0.717, 1.165) is 0 Å². The molecule has 1 saturated heterocycles. The molecule has 0 aromatic heterocycles. The van der Waals surface area contributed by atoms with E-state index in [2.05, 4.69) is 11.8 Å². The molecule has 0 radical (unpaired) electrons. The van der Waals surface area contributed by atoms with Gasteiger partial charge in [0.2, 0.25) is 0 Å². The van der Waals surface area contributed by atoms with Crippen LogP contribution in [0.5, 0.6) is 5.75 Å². The summed E-state index contributed by atoms with van der Waals surface area (Å²) < 4.78 is 16.9. The van der Waals surface area contributed by atoms with Gasteiger partial charge in [0.25, 0.3) is 6.04 Å². The number of nitro groups is 1. The topological polar surface area (TPSA) is 87.9 Å². The third kappa shape index (κ3) is 4.61. The van der Waals surface area contributed by atoms with Crippen molar-refractivity contribution < 1.29 is 23.9 Å². The molecule has 0 saturated carbocycles. The summed E-state index contributed by atoms with van der Waals surface area (Å²) >= 11 is 0. The van der Waals surface area contributed by atoms with Crippen molar-refractivity contribution in [1.29, 1.82) is 0 Å². The molecule has 0 unspecified atom stereocenters. The quantitative estimate of drug-likeness (QED) is 0.416. The van der Waals surface area contributed by atoms with E-state index < -0.39 is 34.7 Å². The van der Waals surface area contributed by atoms with Crippen molar-refractivity contribution in [2.75, 3.05) is 14.2 Å². The molecule has 0 N–H and O–H groups in total. The lowest BCUT2D eigenvalue weighted by atomic mass is 9.71. The van der Waals surface area contributed by atoms with Crippen LogP contribution in [0.25, 0.3) is 0 Å². The van der Waals surface area contributed by atoms with E-state index >= 15 is 0 Å². The van der Waals surface area contributed by atoms with Crippen molar-refractivity contribution in [3.8, 4) is 17.6 Å². The van der Waals surface area contributed by atoms with E-state index in [1.54, 1.807) is 31.2 Å². The highest BCUT2D eigenvalue weighted by Crippen LogP contribution is 2.46. The minimum atomic E-state index is -1.39. The lowest BCUT2D eigenvalue weighted by Gasteiger charge is -2.46. The van der Waals surface area contributed by atoms with Crippen LogP contribution in [-0.4, -0.2) is 42.9 Å². The molecule has 0 aliphatic carbocycles. The van der Waals surface area contributed by atoms with Gasteiger partial charge in [0.1, 0.15) is 11.5 Å². The molecule has 5 atom stereocenters. The zero-order valence-corrected chi connectivity index (χ0v) is 17.9. The summed E-state index contributed by atoms with van der Waals surface area (Å²) in [5, 5.41) is 12.3. The number of methoxy groups -OCH3 is 2. The van der Waals surface area contributed by atoms with Crippen LogP contribution in [-0.2, 0) is 14.3 Å². The highest BCUT2D eigenvalue weighted by atomic mass is 16.7. The second kappa shape index (κ2) is 9.29. The predicted molar refractivity (Wildman–Crippen MR) is 114 cm³/mol. The zero-order valence-electron chi connectivity index (χ0n) is 17.9. The van der Waals surface area contributed by atoms with Crippen LogP contribution in [0.15, 0.2) is 54.6 Å². The van der Waals surface area contributed by atoms with Crippen LogP contribution < -0.4 is 4.74 Å². The Morgan fingerprint density at radius 1 is 1.16 bits per heavy atom. The van der Waals surface area contributed by atoms with Crippen LogP contribution in [0.1, 0.15) is 30.9 Å². The van der Waals surface area contributed by atoms with Gasteiger partial charge in [-0.3, -0.25) is 14.9 Å². The molecule has 0 bridgehead atoms. The molecule has 1 aliphatic heterocycles. The smallest absolute Gasteiger partial charge is 0.257 e. The summed E-state index contributed by atoms with van der Waals surface area (Å²) in [5.74, 6) is 3.02. The third-order valence-corrected chi connectivity index (χ3v) is 5.66. The fourth-order valence-electron chi connectivity index (χ4n) is 4.17. The fourth-order valence-corrected chi connectivity index (χ4v) is 4.17. The SMILES string of the molecule is COc1cccc([C@H]2[C@H]([N+](=O)[O-])[C@H](C#Cc3ccccc3)O[C@](C)(OC)[C@@H]2C(C)=O)c1. The van der Waals surface area contributed by atoms with Gasteiger partial charge >= 0.3 is 0 Å². The summed E-state index contributed by atoms with van der Waals surface area (Å²) in [4.78, 5) is 24.6. The number of nitrogens with zero attached hydrogens (tertiary/aromatic N) is 1. The van der Waals surface area contributed by atoms with E-state index in [1.165, 1.54) is 21.1 Å².